The van der Waals surface area contributed by atoms with E-state index in [1.165, 1.54) is 0 Å². The molecular weight excluding hydrogens is 313 g/mol. The van der Waals surface area contributed by atoms with Crippen molar-refractivity contribution >= 4 is 29.2 Å². The molecule has 0 aliphatic heterocycles. The van der Waals surface area contributed by atoms with Crippen LogP contribution in [0, 0.1) is 0 Å². The fourth-order valence-corrected chi connectivity index (χ4v) is 2.03. The number of ether oxygens (including phenoxy) is 1. The van der Waals surface area contributed by atoms with Crippen molar-refractivity contribution in [2.24, 2.45) is 0 Å². The summed E-state index contributed by atoms with van der Waals surface area (Å²) in [4.78, 5) is 15.4. The molecule has 21 heavy (non-hydrogen) atoms. The Morgan fingerprint density at radius 2 is 1.76 bits per heavy atom. The Hall–Kier alpha value is -1.17. The largest absolute Gasteiger partial charge is 0.492 e. The molecule has 0 saturated carbocycles. The Labute approximate surface area is 135 Å². The highest BCUT2D eigenvalue weighted by Gasteiger charge is 2.07. The zero-order valence-electron chi connectivity index (χ0n) is 12.5. The molecule has 1 aromatic carbocycles. The number of halogens is 2. The van der Waals surface area contributed by atoms with Gasteiger partial charge in [-0.05, 0) is 32.3 Å². The van der Waals surface area contributed by atoms with E-state index < -0.39 is 0 Å². The number of urea groups is 1. The highest BCUT2D eigenvalue weighted by atomic mass is 35.5. The third kappa shape index (κ3) is 7.41. The molecule has 0 spiro atoms. The van der Waals surface area contributed by atoms with Crippen LogP contribution in [0.2, 0.25) is 10.0 Å². The summed E-state index contributed by atoms with van der Waals surface area (Å²) in [5.41, 5.74) is 0. The standard InChI is InChI=1S/C14H21Cl2N3O2/c1-18(2)5-6-19(3)14(20)17-4-7-21-13-9-11(15)8-12(16)10-13/h8-10H,4-7H2,1-3H3,(H,17,20). The van der Waals surface area contributed by atoms with E-state index in [2.05, 4.69) is 5.32 Å². The Kier molecular flexibility index (Phi) is 7.64. The molecule has 0 aliphatic rings. The Morgan fingerprint density at radius 1 is 1.14 bits per heavy atom. The van der Waals surface area contributed by atoms with Crippen LogP contribution in [0.4, 0.5) is 4.79 Å². The summed E-state index contributed by atoms with van der Waals surface area (Å²) in [5, 5.41) is 3.82. The zero-order valence-corrected chi connectivity index (χ0v) is 14.0. The van der Waals surface area contributed by atoms with Crippen LogP contribution in [-0.2, 0) is 0 Å². The molecule has 0 bridgehead atoms. The monoisotopic (exact) mass is 333 g/mol. The average Bonchev–Trinajstić information content (AvgIpc) is 2.39. The number of nitrogens with zero attached hydrogens (tertiary/aromatic N) is 2. The van der Waals surface area contributed by atoms with E-state index in [1.54, 1.807) is 30.1 Å². The van der Waals surface area contributed by atoms with Crippen LogP contribution >= 0.6 is 23.2 Å². The third-order valence-electron chi connectivity index (χ3n) is 2.71. The van der Waals surface area contributed by atoms with E-state index in [0.717, 1.165) is 6.54 Å². The van der Waals surface area contributed by atoms with Gasteiger partial charge in [-0.3, -0.25) is 0 Å². The summed E-state index contributed by atoms with van der Waals surface area (Å²) < 4.78 is 5.49. The van der Waals surface area contributed by atoms with Gasteiger partial charge in [0.1, 0.15) is 12.4 Å². The molecule has 0 atom stereocenters. The predicted molar refractivity (Wildman–Crippen MR) is 86.5 cm³/mol. The molecule has 0 fully saturated rings. The fraction of sp³-hybridized carbons (Fsp3) is 0.500. The summed E-state index contributed by atoms with van der Waals surface area (Å²) in [5.74, 6) is 0.586. The van der Waals surface area contributed by atoms with E-state index in [-0.39, 0.29) is 6.03 Å². The van der Waals surface area contributed by atoms with Crippen molar-refractivity contribution in [1.29, 1.82) is 0 Å². The van der Waals surface area contributed by atoms with Gasteiger partial charge < -0.3 is 19.9 Å². The molecule has 2 amide bonds. The van der Waals surface area contributed by atoms with Gasteiger partial charge in [0.15, 0.2) is 0 Å². The molecule has 0 radical (unpaired) electrons. The number of amides is 2. The van der Waals surface area contributed by atoms with Crippen LogP contribution in [0.1, 0.15) is 0 Å². The number of hydrogen-bond acceptors (Lipinski definition) is 3. The van der Waals surface area contributed by atoms with Crippen LogP contribution in [0.25, 0.3) is 0 Å². The van der Waals surface area contributed by atoms with Gasteiger partial charge in [0.2, 0.25) is 0 Å². The maximum atomic E-state index is 11.8. The molecule has 1 rings (SSSR count). The van der Waals surface area contributed by atoms with Gasteiger partial charge in [-0.25, -0.2) is 4.79 Å². The second-order valence-corrected chi connectivity index (χ2v) is 5.78. The molecule has 5 nitrogen and oxygen atoms in total. The second kappa shape index (κ2) is 8.97. The summed E-state index contributed by atoms with van der Waals surface area (Å²) in [7, 11) is 5.70. The number of carbonyl (C=O) groups excluding carboxylic acids is 1. The van der Waals surface area contributed by atoms with E-state index in [4.69, 9.17) is 27.9 Å². The number of nitrogens with one attached hydrogen (secondary N) is 1. The zero-order chi connectivity index (χ0) is 15.8. The topological polar surface area (TPSA) is 44.8 Å². The molecule has 7 heteroatoms. The van der Waals surface area contributed by atoms with E-state index in [1.807, 2.05) is 19.0 Å². The highest BCUT2D eigenvalue weighted by Crippen LogP contribution is 2.23. The molecule has 0 unspecified atom stereocenters. The molecular formula is C14H21Cl2N3O2. The average molecular weight is 334 g/mol. The number of rotatable bonds is 7. The first-order valence-corrected chi connectivity index (χ1v) is 7.36. The van der Waals surface area contributed by atoms with Crippen LogP contribution < -0.4 is 10.1 Å². The van der Waals surface area contributed by atoms with Crippen LogP contribution in [0.5, 0.6) is 5.75 Å². The van der Waals surface area contributed by atoms with Gasteiger partial charge in [0.05, 0.1) is 6.54 Å². The van der Waals surface area contributed by atoms with E-state index in [9.17, 15) is 4.79 Å². The van der Waals surface area contributed by atoms with Crippen molar-refractivity contribution in [1.82, 2.24) is 15.1 Å². The van der Waals surface area contributed by atoms with Crippen molar-refractivity contribution in [3.8, 4) is 5.75 Å². The first-order valence-electron chi connectivity index (χ1n) is 6.61. The highest BCUT2D eigenvalue weighted by molar-refractivity contribution is 6.34. The first kappa shape index (κ1) is 17.9. The van der Waals surface area contributed by atoms with Gasteiger partial charge in [-0.15, -0.1) is 0 Å². The second-order valence-electron chi connectivity index (χ2n) is 4.91. The molecule has 0 saturated heterocycles. The fourth-order valence-electron chi connectivity index (χ4n) is 1.53. The molecule has 0 heterocycles. The number of likely N-dealkylation sites (N-methyl/N-ethyl adjacent to an activating group) is 2. The quantitative estimate of drug-likeness (QED) is 0.780. The molecule has 118 valence electrons. The van der Waals surface area contributed by atoms with Crippen LogP contribution in [0.3, 0.4) is 0 Å². The van der Waals surface area contributed by atoms with Gasteiger partial charge in [0.25, 0.3) is 0 Å². The minimum Gasteiger partial charge on any atom is -0.492 e. The van der Waals surface area contributed by atoms with Gasteiger partial charge >= 0.3 is 6.03 Å². The lowest BCUT2D eigenvalue weighted by atomic mass is 10.3. The third-order valence-corrected chi connectivity index (χ3v) is 3.15. The lowest BCUT2D eigenvalue weighted by molar-refractivity contribution is 0.200. The number of benzene rings is 1. The van der Waals surface area contributed by atoms with Gasteiger partial charge in [-0.1, -0.05) is 23.2 Å². The molecule has 1 N–H and O–H groups in total. The van der Waals surface area contributed by atoms with Crippen LogP contribution in [-0.4, -0.2) is 63.2 Å². The maximum absolute atomic E-state index is 11.8. The maximum Gasteiger partial charge on any atom is 0.317 e. The molecule has 0 aliphatic carbocycles. The lowest BCUT2D eigenvalue weighted by Gasteiger charge is -2.20. The van der Waals surface area contributed by atoms with Crippen LogP contribution in [0.15, 0.2) is 18.2 Å². The first-order chi connectivity index (χ1) is 9.88. The minimum absolute atomic E-state index is 0.121. The smallest absolute Gasteiger partial charge is 0.317 e. The van der Waals surface area contributed by atoms with Gasteiger partial charge in [0, 0.05) is 30.2 Å². The van der Waals surface area contributed by atoms with Crippen molar-refractivity contribution in [3.05, 3.63) is 28.2 Å². The van der Waals surface area contributed by atoms with Crippen molar-refractivity contribution in [2.75, 3.05) is 47.4 Å². The summed E-state index contributed by atoms with van der Waals surface area (Å²) in [6, 6.07) is 4.87. The normalized spacial score (nSPS) is 10.6. The Balaban J connectivity index is 2.25. The number of hydrogen-bond donors (Lipinski definition) is 1. The van der Waals surface area contributed by atoms with E-state index >= 15 is 0 Å². The minimum atomic E-state index is -0.121. The summed E-state index contributed by atoms with van der Waals surface area (Å²) in [6.07, 6.45) is 0. The van der Waals surface area contributed by atoms with E-state index in [0.29, 0.717) is 35.5 Å². The predicted octanol–water partition coefficient (Wildman–Crippen LogP) is 2.58. The molecule has 0 aromatic heterocycles. The van der Waals surface area contributed by atoms with Crippen molar-refractivity contribution < 1.29 is 9.53 Å². The van der Waals surface area contributed by atoms with Gasteiger partial charge in [-0.2, -0.15) is 0 Å². The SMILES string of the molecule is CN(C)CCN(C)C(=O)NCCOc1cc(Cl)cc(Cl)c1. The Morgan fingerprint density at radius 3 is 2.33 bits per heavy atom. The Bertz CT molecular complexity index is 449. The van der Waals surface area contributed by atoms with Crippen molar-refractivity contribution in [3.63, 3.8) is 0 Å². The summed E-state index contributed by atoms with van der Waals surface area (Å²) in [6.45, 7) is 2.25. The lowest BCUT2D eigenvalue weighted by Crippen LogP contribution is -2.41. The molecule has 1 aromatic rings. The summed E-state index contributed by atoms with van der Waals surface area (Å²) >= 11 is 11.7. The number of carbonyl (C=O) groups is 1. The van der Waals surface area contributed by atoms with Crippen molar-refractivity contribution in [2.45, 2.75) is 0 Å².